The predicted molar refractivity (Wildman–Crippen MR) is 39.8 cm³/mol. The summed E-state index contributed by atoms with van der Waals surface area (Å²) in [6.45, 7) is -1.21. The maximum atomic E-state index is 12.7. The number of alkyl halides is 2. The molecule has 1 rings (SSSR count). The normalized spacial score (nSPS) is 27.3. The summed E-state index contributed by atoms with van der Waals surface area (Å²) in [6.07, 6.45) is -1.75. The molecule has 2 N–H and O–H groups in total. The van der Waals surface area contributed by atoms with Gasteiger partial charge in [0.15, 0.2) is 0 Å². The number of aliphatic hydroxyl groups excluding tert-OH is 1. The Morgan fingerprint density at radius 3 is 2.69 bits per heavy atom. The standard InChI is InChI=1S/C7H11F2NO3/c8-7(9)2-1-5(3-11)10(4-7)6(12)13/h5,11H,1-4H2,(H,12,13). The quantitative estimate of drug-likeness (QED) is 0.649. The summed E-state index contributed by atoms with van der Waals surface area (Å²) in [7, 11) is 0. The van der Waals surface area contributed by atoms with E-state index < -0.39 is 31.2 Å². The maximum absolute atomic E-state index is 12.7. The second kappa shape index (κ2) is 3.45. The van der Waals surface area contributed by atoms with Crippen LogP contribution in [0.1, 0.15) is 12.8 Å². The summed E-state index contributed by atoms with van der Waals surface area (Å²) in [6, 6.07) is -0.683. The molecule has 1 amide bonds. The van der Waals surface area contributed by atoms with E-state index in [1.807, 2.05) is 0 Å². The number of aliphatic hydroxyl groups is 1. The first kappa shape index (κ1) is 10.2. The molecule has 1 saturated heterocycles. The number of hydrogen-bond donors (Lipinski definition) is 2. The molecule has 0 aromatic heterocycles. The molecular weight excluding hydrogens is 184 g/mol. The number of amides is 1. The van der Waals surface area contributed by atoms with Crippen LogP contribution >= 0.6 is 0 Å². The molecule has 1 atom stereocenters. The molecule has 4 nitrogen and oxygen atoms in total. The molecule has 76 valence electrons. The molecule has 0 spiro atoms. The van der Waals surface area contributed by atoms with Gasteiger partial charge in [-0.2, -0.15) is 0 Å². The number of halogens is 2. The Morgan fingerprint density at radius 2 is 2.23 bits per heavy atom. The molecular formula is C7H11F2NO3. The van der Waals surface area contributed by atoms with Crippen molar-refractivity contribution in [1.82, 2.24) is 4.90 Å². The molecule has 1 unspecified atom stereocenters. The number of carbonyl (C=O) groups is 1. The van der Waals surface area contributed by atoms with Crippen LogP contribution in [0.3, 0.4) is 0 Å². The van der Waals surface area contributed by atoms with Crippen LogP contribution in [-0.4, -0.2) is 46.3 Å². The van der Waals surface area contributed by atoms with Gasteiger partial charge in [-0.15, -0.1) is 0 Å². The Labute approximate surface area is 73.8 Å². The summed E-state index contributed by atoms with van der Waals surface area (Å²) in [4.78, 5) is 11.1. The van der Waals surface area contributed by atoms with Gasteiger partial charge in [0, 0.05) is 6.42 Å². The Morgan fingerprint density at radius 1 is 1.62 bits per heavy atom. The summed E-state index contributed by atoms with van der Waals surface area (Å²) < 4.78 is 25.5. The molecule has 0 saturated carbocycles. The number of piperidine rings is 1. The Balaban J connectivity index is 2.69. The lowest BCUT2D eigenvalue weighted by Gasteiger charge is -2.36. The molecule has 1 aliphatic rings. The minimum absolute atomic E-state index is 0.00972. The van der Waals surface area contributed by atoms with E-state index in [0.717, 1.165) is 0 Å². The van der Waals surface area contributed by atoms with E-state index in [0.29, 0.717) is 4.90 Å². The van der Waals surface area contributed by atoms with Crippen molar-refractivity contribution in [3.8, 4) is 0 Å². The van der Waals surface area contributed by atoms with Crippen LogP contribution in [0.4, 0.5) is 13.6 Å². The van der Waals surface area contributed by atoms with Crippen LogP contribution in [-0.2, 0) is 0 Å². The first-order valence-electron chi connectivity index (χ1n) is 3.94. The lowest BCUT2D eigenvalue weighted by Crippen LogP contribution is -2.52. The van der Waals surface area contributed by atoms with Gasteiger partial charge in [0.05, 0.1) is 19.2 Å². The molecule has 0 bridgehead atoms. The van der Waals surface area contributed by atoms with Crippen molar-refractivity contribution in [3.63, 3.8) is 0 Å². The van der Waals surface area contributed by atoms with Gasteiger partial charge in [0.1, 0.15) is 0 Å². The van der Waals surface area contributed by atoms with Crippen molar-refractivity contribution in [2.75, 3.05) is 13.2 Å². The van der Waals surface area contributed by atoms with Crippen LogP contribution in [0.25, 0.3) is 0 Å². The topological polar surface area (TPSA) is 60.8 Å². The monoisotopic (exact) mass is 195 g/mol. The molecule has 1 aliphatic heterocycles. The molecule has 0 aromatic rings. The van der Waals surface area contributed by atoms with Crippen LogP contribution in [0.2, 0.25) is 0 Å². The fourth-order valence-corrected chi connectivity index (χ4v) is 1.40. The highest BCUT2D eigenvalue weighted by Gasteiger charge is 2.41. The third-order valence-electron chi connectivity index (χ3n) is 2.14. The average Bonchev–Trinajstić information content (AvgIpc) is 2.03. The van der Waals surface area contributed by atoms with E-state index in [9.17, 15) is 13.6 Å². The molecule has 1 fully saturated rings. The first-order valence-corrected chi connectivity index (χ1v) is 3.94. The van der Waals surface area contributed by atoms with E-state index in [2.05, 4.69) is 0 Å². The molecule has 0 aromatic carbocycles. The molecule has 13 heavy (non-hydrogen) atoms. The van der Waals surface area contributed by atoms with Gasteiger partial charge in [0.2, 0.25) is 0 Å². The van der Waals surface area contributed by atoms with Gasteiger partial charge in [-0.25, -0.2) is 13.6 Å². The summed E-state index contributed by atoms with van der Waals surface area (Å²) in [5.74, 6) is -2.95. The predicted octanol–water partition coefficient (Wildman–Crippen LogP) is 0.756. The molecule has 1 heterocycles. The van der Waals surface area contributed by atoms with Crippen molar-refractivity contribution < 1.29 is 23.8 Å². The van der Waals surface area contributed by atoms with E-state index >= 15 is 0 Å². The lowest BCUT2D eigenvalue weighted by molar-refractivity contribution is -0.0807. The maximum Gasteiger partial charge on any atom is 0.407 e. The highest BCUT2D eigenvalue weighted by Crippen LogP contribution is 2.29. The fourth-order valence-electron chi connectivity index (χ4n) is 1.40. The van der Waals surface area contributed by atoms with E-state index in [1.54, 1.807) is 0 Å². The highest BCUT2D eigenvalue weighted by molar-refractivity contribution is 5.65. The fraction of sp³-hybridized carbons (Fsp3) is 0.857. The average molecular weight is 195 g/mol. The second-order valence-corrected chi connectivity index (χ2v) is 3.14. The van der Waals surface area contributed by atoms with Gasteiger partial charge in [0.25, 0.3) is 5.92 Å². The van der Waals surface area contributed by atoms with Gasteiger partial charge in [-0.05, 0) is 6.42 Å². The largest absolute Gasteiger partial charge is 0.465 e. The van der Waals surface area contributed by atoms with Crippen molar-refractivity contribution in [2.45, 2.75) is 24.8 Å². The summed E-state index contributed by atoms with van der Waals surface area (Å²) in [5.41, 5.74) is 0. The van der Waals surface area contributed by atoms with E-state index in [-0.39, 0.29) is 12.8 Å². The van der Waals surface area contributed by atoms with E-state index in [4.69, 9.17) is 10.2 Å². The Hall–Kier alpha value is -0.910. The van der Waals surface area contributed by atoms with Gasteiger partial charge < -0.3 is 10.2 Å². The van der Waals surface area contributed by atoms with Crippen LogP contribution in [0.5, 0.6) is 0 Å². The third-order valence-corrected chi connectivity index (χ3v) is 2.14. The minimum atomic E-state index is -2.95. The number of nitrogens with zero attached hydrogens (tertiary/aromatic N) is 1. The zero-order valence-electron chi connectivity index (χ0n) is 6.91. The second-order valence-electron chi connectivity index (χ2n) is 3.14. The van der Waals surface area contributed by atoms with Crippen molar-refractivity contribution in [1.29, 1.82) is 0 Å². The van der Waals surface area contributed by atoms with Crippen LogP contribution in [0, 0.1) is 0 Å². The van der Waals surface area contributed by atoms with Crippen LogP contribution < -0.4 is 0 Å². The Bertz CT molecular complexity index is 210. The highest BCUT2D eigenvalue weighted by atomic mass is 19.3. The molecule has 0 aliphatic carbocycles. The molecule has 6 heteroatoms. The van der Waals surface area contributed by atoms with Crippen molar-refractivity contribution >= 4 is 6.09 Å². The van der Waals surface area contributed by atoms with Gasteiger partial charge >= 0.3 is 6.09 Å². The van der Waals surface area contributed by atoms with Gasteiger partial charge in [-0.3, -0.25) is 4.90 Å². The zero-order chi connectivity index (χ0) is 10.1. The number of rotatable bonds is 1. The van der Waals surface area contributed by atoms with Crippen LogP contribution in [0.15, 0.2) is 0 Å². The minimum Gasteiger partial charge on any atom is -0.465 e. The summed E-state index contributed by atoms with van der Waals surface area (Å²) in [5, 5.41) is 17.3. The molecule has 0 radical (unpaired) electrons. The van der Waals surface area contributed by atoms with E-state index in [1.165, 1.54) is 0 Å². The number of hydrogen-bond acceptors (Lipinski definition) is 2. The van der Waals surface area contributed by atoms with Gasteiger partial charge in [-0.1, -0.05) is 0 Å². The number of likely N-dealkylation sites (tertiary alicyclic amines) is 1. The zero-order valence-corrected chi connectivity index (χ0v) is 6.91. The van der Waals surface area contributed by atoms with Crippen molar-refractivity contribution in [2.24, 2.45) is 0 Å². The van der Waals surface area contributed by atoms with Crippen molar-refractivity contribution in [3.05, 3.63) is 0 Å². The lowest BCUT2D eigenvalue weighted by atomic mass is 10.0. The number of carboxylic acid groups (broad SMARTS) is 1. The smallest absolute Gasteiger partial charge is 0.407 e. The SMILES string of the molecule is O=C(O)N1CC(F)(F)CCC1CO. The first-order chi connectivity index (χ1) is 5.96. The third kappa shape index (κ3) is 2.27. The Kier molecular flexibility index (Phi) is 2.70. The summed E-state index contributed by atoms with van der Waals surface area (Å²) >= 11 is 0.